The summed E-state index contributed by atoms with van der Waals surface area (Å²) in [5.41, 5.74) is 7.89. The van der Waals surface area contributed by atoms with Crippen LogP contribution in [-0.2, 0) is 61.1 Å². The van der Waals surface area contributed by atoms with E-state index in [0.29, 0.717) is 19.8 Å². The van der Waals surface area contributed by atoms with E-state index >= 15 is 0 Å². The Balaban J connectivity index is 0. The molecule has 0 saturated carbocycles. The number of hydrogen-bond acceptors (Lipinski definition) is 4. The first kappa shape index (κ1) is 27.6. The second-order valence-electron chi connectivity index (χ2n) is 4.79. The molecule has 3 nitrogen and oxygen atoms in total. The number of nitrogens with zero attached hydrogens (tertiary/aromatic N) is 2. The monoisotopic (exact) mass is 499 g/mol. The van der Waals surface area contributed by atoms with Crippen molar-refractivity contribution in [2.24, 2.45) is 0 Å². The van der Waals surface area contributed by atoms with Crippen LogP contribution in [0.2, 0.25) is 0 Å². The molecule has 0 unspecified atom stereocenters. The van der Waals surface area contributed by atoms with Gasteiger partial charge in [0.05, 0.1) is 0 Å². The van der Waals surface area contributed by atoms with Crippen LogP contribution in [0.3, 0.4) is 0 Å². The SMILES string of the molecule is C[N+](C)=[N-].[O]=[Mo].[S-]c1ccccc1.[S-]c1ccccc1.[S-]c1ccccc1. The number of rotatable bonds is 0. The molecule has 0 saturated heterocycles. The Kier molecular flexibility index (Phi) is 21.2. The Labute approximate surface area is 190 Å². The van der Waals surface area contributed by atoms with E-state index in [0.717, 1.165) is 19.4 Å². The molecular weight excluding hydrogens is 476 g/mol. The first-order chi connectivity index (χ1) is 12.9. The van der Waals surface area contributed by atoms with Gasteiger partial charge in [-0.05, 0) is 0 Å². The molecular formula is C20H21MoN2OS3-3. The van der Waals surface area contributed by atoms with Gasteiger partial charge in [0, 0.05) is 0 Å². The minimum absolute atomic E-state index is 0.700. The zero-order valence-electron chi connectivity index (χ0n) is 15.1. The molecule has 0 heterocycles. The summed E-state index contributed by atoms with van der Waals surface area (Å²) in [5, 5.41) is 0. The molecule has 0 fully saturated rings. The average molecular weight is 498 g/mol. The van der Waals surface area contributed by atoms with Gasteiger partial charge in [-0.15, -0.1) is 0 Å². The van der Waals surface area contributed by atoms with Crippen LogP contribution in [0, 0.1) is 0 Å². The normalized spacial score (nSPS) is 7.78. The summed E-state index contributed by atoms with van der Waals surface area (Å²) < 4.78 is 9.26. The molecule has 0 aliphatic carbocycles. The summed E-state index contributed by atoms with van der Waals surface area (Å²) in [7, 11) is 3.11. The van der Waals surface area contributed by atoms with Gasteiger partial charge in [0.25, 0.3) is 0 Å². The van der Waals surface area contributed by atoms with Gasteiger partial charge in [-0.25, -0.2) is 0 Å². The van der Waals surface area contributed by atoms with E-state index in [1.54, 1.807) is 14.1 Å². The molecule has 0 aliphatic heterocycles. The van der Waals surface area contributed by atoms with E-state index in [-0.39, 0.29) is 0 Å². The standard InChI is InChI=1S/3C6H6S.C2H6N2.Mo.O/c3*7-6-4-2-1-3-5-6;1-4(2)3;;/h3*1-5,7H;1-2H3;;/p-3. The molecule has 3 rings (SSSR count). The van der Waals surface area contributed by atoms with Crippen molar-refractivity contribution < 1.29 is 27.9 Å². The average Bonchev–Trinajstić information content (AvgIpc) is 2.66. The van der Waals surface area contributed by atoms with Gasteiger partial charge < -0.3 is 48.1 Å². The van der Waals surface area contributed by atoms with Gasteiger partial charge in [-0.1, -0.05) is 91.0 Å². The zero-order chi connectivity index (χ0) is 20.9. The Morgan fingerprint density at radius 1 is 0.593 bits per heavy atom. The Bertz CT molecular complexity index is 609. The fourth-order valence-corrected chi connectivity index (χ4v) is 1.73. The second kappa shape index (κ2) is 20.7. The van der Waals surface area contributed by atoms with Crippen molar-refractivity contribution in [1.82, 2.24) is 0 Å². The quantitative estimate of drug-likeness (QED) is 0.191. The van der Waals surface area contributed by atoms with Crippen LogP contribution in [0.4, 0.5) is 0 Å². The van der Waals surface area contributed by atoms with Crippen LogP contribution >= 0.6 is 0 Å². The third-order valence-corrected chi connectivity index (χ3v) is 3.05. The van der Waals surface area contributed by atoms with E-state index < -0.39 is 0 Å². The van der Waals surface area contributed by atoms with Crippen LogP contribution in [-0.4, -0.2) is 18.8 Å². The largest absolute Gasteiger partial charge is 0.780 e. The summed E-state index contributed by atoms with van der Waals surface area (Å²) in [4.78, 5) is 2.72. The molecule has 144 valence electrons. The first-order valence-electron chi connectivity index (χ1n) is 7.61. The summed E-state index contributed by atoms with van der Waals surface area (Å²) in [6.45, 7) is 0. The molecule has 0 bridgehead atoms. The smallest absolute Gasteiger partial charge is 0.0624 e. The van der Waals surface area contributed by atoms with Crippen LogP contribution < -0.4 is 0 Å². The molecule has 0 atom stereocenters. The molecule has 0 aromatic heterocycles. The van der Waals surface area contributed by atoms with Crippen LogP contribution in [0.25, 0.3) is 5.53 Å². The fourth-order valence-electron chi connectivity index (χ4n) is 1.26. The molecule has 3 aromatic rings. The van der Waals surface area contributed by atoms with E-state index in [1.807, 2.05) is 91.0 Å². The molecule has 0 spiro atoms. The van der Waals surface area contributed by atoms with E-state index in [4.69, 9.17) is 46.8 Å². The van der Waals surface area contributed by atoms with Gasteiger partial charge in [0.15, 0.2) is 0 Å². The second-order valence-corrected chi connectivity index (χ2v) is 6.20. The summed E-state index contributed by atoms with van der Waals surface area (Å²) in [6.07, 6.45) is 0. The Hall–Kier alpha value is -1.59. The summed E-state index contributed by atoms with van der Waals surface area (Å²) >= 11 is 15.1. The molecule has 3 aromatic carbocycles. The summed E-state index contributed by atoms with van der Waals surface area (Å²) in [6, 6.07) is 28.8. The molecule has 0 N–H and O–H groups in total. The zero-order valence-corrected chi connectivity index (χ0v) is 19.6. The van der Waals surface area contributed by atoms with Gasteiger partial charge in [-0.2, -0.15) is 14.7 Å². The minimum Gasteiger partial charge on any atom is -0.780 e. The topological polar surface area (TPSA) is 42.4 Å². The molecule has 0 aliphatic rings. The minimum atomic E-state index is 0.700. The van der Waals surface area contributed by atoms with Crippen LogP contribution in [0.15, 0.2) is 106 Å². The third kappa shape index (κ3) is 24.4. The van der Waals surface area contributed by atoms with Crippen molar-refractivity contribution >= 4 is 37.9 Å². The maximum Gasteiger partial charge on any atom is -0.0624 e. The van der Waals surface area contributed by atoms with E-state index in [2.05, 4.69) is 0 Å². The van der Waals surface area contributed by atoms with Gasteiger partial charge in [-0.3, -0.25) is 0 Å². The fraction of sp³-hybridized carbons (Fsp3) is 0.100. The Morgan fingerprint density at radius 3 is 0.815 bits per heavy atom. The number of hydrogen-bond donors (Lipinski definition) is 0. The molecule has 0 amide bonds. The van der Waals surface area contributed by atoms with Gasteiger partial charge >= 0.3 is 23.2 Å². The molecule has 0 radical (unpaired) electrons. The maximum absolute atomic E-state index is 8.26. The predicted molar refractivity (Wildman–Crippen MR) is 112 cm³/mol. The summed E-state index contributed by atoms with van der Waals surface area (Å²) in [5.74, 6) is 0. The van der Waals surface area contributed by atoms with Crippen molar-refractivity contribution in [3.8, 4) is 0 Å². The van der Waals surface area contributed by atoms with Gasteiger partial charge in [0.1, 0.15) is 14.1 Å². The number of benzene rings is 3. The third-order valence-electron chi connectivity index (χ3n) is 2.23. The van der Waals surface area contributed by atoms with Crippen molar-refractivity contribution in [3.05, 3.63) is 96.5 Å². The Morgan fingerprint density at radius 2 is 0.741 bits per heavy atom. The molecule has 7 heteroatoms. The first-order valence-corrected chi connectivity index (χ1v) is 9.65. The maximum atomic E-state index is 8.26. The van der Waals surface area contributed by atoms with E-state index in [1.165, 1.54) is 0 Å². The van der Waals surface area contributed by atoms with E-state index in [9.17, 15) is 0 Å². The van der Waals surface area contributed by atoms with Crippen molar-refractivity contribution in [3.63, 3.8) is 0 Å². The van der Waals surface area contributed by atoms with Crippen LogP contribution in [0.1, 0.15) is 0 Å². The van der Waals surface area contributed by atoms with Crippen molar-refractivity contribution in [2.45, 2.75) is 14.7 Å². The van der Waals surface area contributed by atoms with Gasteiger partial charge in [0.2, 0.25) is 0 Å². The van der Waals surface area contributed by atoms with Crippen molar-refractivity contribution in [2.75, 3.05) is 14.1 Å². The van der Waals surface area contributed by atoms with Crippen molar-refractivity contribution in [1.29, 1.82) is 0 Å². The van der Waals surface area contributed by atoms with Crippen LogP contribution in [0.5, 0.6) is 0 Å². The predicted octanol–water partition coefficient (Wildman–Crippen LogP) is 4.94. The molecule has 27 heavy (non-hydrogen) atoms.